The van der Waals surface area contributed by atoms with Gasteiger partial charge in [-0.15, -0.1) is 5.10 Å². The summed E-state index contributed by atoms with van der Waals surface area (Å²) in [5, 5.41) is 7.96. The molecule has 0 aliphatic heterocycles. The van der Waals surface area contributed by atoms with E-state index < -0.39 is 0 Å². The summed E-state index contributed by atoms with van der Waals surface area (Å²) >= 11 is 0. The first-order chi connectivity index (χ1) is 12.3. The van der Waals surface area contributed by atoms with Crippen molar-refractivity contribution in [3.63, 3.8) is 0 Å². The van der Waals surface area contributed by atoms with Crippen molar-refractivity contribution in [2.24, 2.45) is 15.9 Å². The molecule has 0 unspecified atom stereocenters. The first-order valence-corrected chi connectivity index (χ1v) is 7.86. The molecule has 2 N–H and O–H groups in total. The number of amidine groups is 1. The fourth-order valence-corrected chi connectivity index (χ4v) is 2.11. The van der Waals surface area contributed by atoms with Crippen molar-refractivity contribution < 1.29 is 4.74 Å². The minimum absolute atomic E-state index is 0.277. The molecule has 5 heteroatoms. The fourth-order valence-electron chi connectivity index (χ4n) is 2.11. The summed E-state index contributed by atoms with van der Waals surface area (Å²) < 4.78 is 5.75. The molecule has 0 bridgehead atoms. The third-order valence-electron chi connectivity index (χ3n) is 3.43. The van der Waals surface area contributed by atoms with Crippen LogP contribution >= 0.6 is 0 Å². The van der Waals surface area contributed by atoms with Crippen LogP contribution < -0.4 is 10.5 Å². The number of rotatable bonds is 6. The second-order valence-corrected chi connectivity index (χ2v) is 5.29. The summed E-state index contributed by atoms with van der Waals surface area (Å²) in [7, 11) is 0. The number of aromatic nitrogens is 1. The van der Waals surface area contributed by atoms with Gasteiger partial charge in [0.05, 0.1) is 6.21 Å². The van der Waals surface area contributed by atoms with E-state index >= 15 is 0 Å². The molecule has 5 nitrogen and oxygen atoms in total. The van der Waals surface area contributed by atoms with Gasteiger partial charge in [0, 0.05) is 6.20 Å². The van der Waals surface area contributed by atoms with E-state index in [9.17, 15) is 0 Å². The predicted octanol–water partition coefficient (Wildman–Crippen LogP) is 3.40. The third kappa shape index (κ3) is 5.00. The Balaban J connectivity index is 1.57. The van der Waals surface area contributed by atoms with E-state index in [0.717, 1.165) is 16.9 Å². The van der Waals surface area contributed by atoms with Crippen molar-refractivity contribution in [3.8, 4) is 5.75 Å². The van der Waals surface area contributed by atoms with Crippen molar-refractivity contribution in [3.05, 3.63) is 95.8 Å². The highest BCUT2D eigenvalue weighted by Gasteiger charge is 1.98. The summed E-state index contributed by atoms with van der Waals surface area (Å²) in [6, 6.07) is 23.1. The van der Waals surface area contributed by atoms with Crippen LogP contribution in [0.5, 0.6) is 5.75 Å². The van der Waals surface area contributed by atoms with Gasteiger partial charge in [0.2, 0.25) is 0 Å². The highest BCUT2D eigenvalue weighted by Crippen LogP contribution is 2.13. The third-order valence-corrected chi connectivity index (χ3v) is 3.43. The molecule has 0 fully saturated rings. The molecule has 0 saturated carbocycles. The van der Waals surface area contributed by atoms with Crippen molar-refractivity contribution in [1.29, 1.82) is 0 Å². The molecule has 3 rings (SSSR count). The smallest absolute Gasteiger partial charge is 0.171 e. The van der Waals surface area contributed by atoms with Crippen molar-refractivity contribution >= 4 is 12.1 Å². The van der Waals surface area contributed by atoms with Crippen LogP contribution in [0.25, 0.3) is 0 Å². The molecule has 0 aliphatic carbocycles. The molecule has 0 radical (unpaired) electrons. The summed E-state index contributed by atoms with van der Waals surface area (Å²) in [4.78, 5) is 4.12. The summed E-state index contributed by atoms with van der Waals surface area (Å²) in [5.74, 6) is 1.08. The molecule has 2 aromatic carbocycles. The molecular formula is C20H18N4O. The van der Waals surface area contributed by atoms with Gasteiger partial charge in [0.15, 0.2) is 5.84 Å². The van der Waals surface area contributed by atoms with E-state index in [0.29, 0.717) is 12.3 Å². The average molecular weight is 330 g/mol. The lowest BCUT2D eigenvalue weighted by atomic mass is 10.2. The maximum atomic E-state index is 5.83. The Kier molecular flexibility index (Phi) is 5.51. The van der Waals surface area contributed by atoms with Crippen molar-refractivity contribution in [2.45, 2.75) is 6.61 Å². The fraction of sp³-hybridized carbons (Fsp3) is 0.0500. The number of benzene rings is 2. The molecule has 0 aliphatic rings. The van der Waals surface area contributed by atoms with E-state index in [1.165, 1.54) is 0 Å². The van der Waals surface area contributed by atoms with Gasteiger partial charge in [0.1, 0.15) is 18.1 Å². The van der Waals surface area contributed by atoms with Crippen LogP contribution in [0, 0.1) is 0 Å². The Morgan fingerprint density at radius 1 is 0.960 bits per heavy atom. The molecule has 25 heavy (non-hydrogen) atoms. The van der Waals surface area contributed by atoms with Crippen LogP contribution in [-0.2, 0) is 6.61 Å². The van der Waals surface area contributed by atoms with Gasteiger partial charge in [-0.25, -0.2) is 0 Å². The first kappa shape index (κ1) is 16.4. The van der Waals surface area contributed by atoms with Gasteiger partial charge in [0.25, 0.3) is 0 Å². The van der Waals surface area contributed by atoms with Gasteiger partial charge in [-0.1, -0.05) is 36.4 Å². The summed E-state index contributed by atoms with van der Waals surface area (Å²) in [5.41, 5.74) is 8.47. The molecule has 0 saturated heterocycles. The Labute approximate surface area is 146 Å². The van der Waals surface area contributed by atoms with Crippen LogP contribution in [0.2, 0.25) is 0 Å². The van der Waals surface area contributed by atoms with Crippen LogP contribution in [0.1, 0.15) is 16.8 Å². The first-order valence-electron chi connectivity index (χ1n) is 7.86. The van der Waals surface area contributed by atoms with Crippen LogP contribution in [-0.4, -0.2) is 17.0 Å². The number of nitrogens with zero attached hydrogens (tertiary/aromatic N) is 3. The SMILES string of the molecule is N/C(=N\N=C\c1ccc(OCc2ccccc2)cc1)c1ccccn1. The minimum atomic E-state index is 0.277. The maximum Gasteiger partial charge on any atom is 0.171 e. The molecule has 1 heterocycles. The highest BCUT2D eigenvalue weighted by molar-refractivity contribution is 5.95. The monoisotopic (exact) mass is 330 g/mol. The topological polar surface area (TPSA) is 72.9 Å². The molecular weight excluding hydrogens is 312 g/mol. The lowest BCUT2D eigenvalue weighted by Gasteiger charge is -2.06. The van der Waals surface area contributed by atoms with E-state index in [1.54, 1.807) is 18.5 Å². The zero-order valence-electron chi connectivity index (χ0n) is 13.6. The van der Waals surface area contributed by atoms with Crippen molar-refractivity contribution in [2.75, 3.05) is 0 Å². The predicted molar refractivity (Wildman–Crippen MR) is 99.8 cm³/mol. The number of hydrogen-bond donors (Lipinski definition) is 1. The number of ether oxygens (including phenoxy) is 1. The van der Waals surface area contributed by atoms with Gasteiger partial charge in [-0.2, -0.15) is 5.10 Å². The molecule has 0 atom stereocenters. The van der Waals surface area contributed by atoms with E-state index in [-0.39, 0.29) is 5.84 Å². The molecule has 3 aromatic rings. The molecule has 1 aromatic heterocycles. The normalized spacial score (nSPS) is 11.6. The van der Waals surface area contributed by atoms with Crippen LogP contribution in [0.3, 0.4) is 0 Å². The van der Waals surface area contributed by atoms with Crippen molar-refractivity contribution in [1.82, 2.24) is 4.98 Å². The lowest BCUT2D eigenvalue weighted by Crippen LogP contribution is -2.14. The highest BCUT2D eigenvalue weighted by atomic mass is 16.5. The van der Waals surface area contributed by atoms with E-state index in [2.05, 4.69) is 15.2 Å². The van der Waals surface area contributed by atoms with E-state index in [4.69, 9.17) is 10.5 Å². The maximum absolute atomic E-state index is 5.83. The zero-order chi connectivity index (χ0) is 17.3. The van der Waals surface area contributed by atoms with Crippen LogP contribution in [0.4, 0.5) is 0 Å². The van der Waals surface area contributed by atoms with E-state index in [1.807, 2.05) is 66.7 Å². The number of hydrogen-bond acceptors (Lipinski definition) is 4. The van der Waals surface area contributed by atoms with Gasteiger partial charge in [-0.05, 0) is 47.5 Å². The molecule has 0 spiro atoms. The Hall–Kier alpha value is -3.47. The summed E-state index contributed by atoms with van der Waals surface area (Å²) in [6.45, 7) is 0.541. The Morgan fingerprint density at radius 2 is 1.72 bits per heavy atom. The number of pyridine rings is 1. The van der Waals surface area contributed by atoms with Gasteiger partial charge in [-0.3, -0.25) is 4.98 Å². The zero-order valence-corrected chi connectivity index (χ0v) is 13.6. The lowest BCUT2D eigenvalue weighted by molar-refractivity contribution is 0.306. The van der Waals surface area contributed by atoms with Gasteiger partial charge >= 0.3 is 0 Å². The quantitative estimate of drug-likeness (QED) is 0.428. The molecule has 0 amide bonds. The Bertz CT molecular complexity index is 844. The second-order valence-electron chi connectivity index (χ2n) is 5.29. The second kappa shape index (κ2) is 8.40. The number of nitrogens with two attached hydrogens (primary N) is 1. The largest absolute Gasteiger partial charge is 0.489 e. The van der Waals surface area contributed by atoms with Crippen LogP contribution in [0.15, 0.2) is 89.2 Å². The summed E-state index contributed by atoms with van der Waals surface area (Å²) in [6.07, 6.45) is 3.30. The minimum Gasteiger partial charge on any atom is -0.489 e. The Morgan fingerprint density at radius 3 is 2.44 bits per heavy atom. The standard InChI is InChI=1S/C20H18N4O/c21-20(19-8-4-5-13-22-19)24-23-14-16-9-11-18(12-10-16)25-15-17-6-2-1-3-7-17/h1-14H,15H2,(H2,21,24)/b23-14+. The van der Waals surface area contributed by atoms with Gasteiger partial charge < -0.3 is 10.5 Å². The average Bonchev–Trinajstić information content (AvgIpc) is 2.69. The molecule has 124 valence electrons.